The van der Waals surface area contributed by atoms with Gasteiger partial charge in [0.1, 0.15) is 5.41 Å². The van der Waals surface area contributed by atoms with E-state index in [1.807, 2.05) is 0 Å². The van der Waals surface area contributed by atoms with Crippen molar-refractivity contribution in [3.05, 3.63) is 0 Å². The summed E-state index contributed by atoms with van der Waals surface area (Å²) in [6.07, 6.45) is 3.90. The maximum Gasteiger partial charge on any atom is 0.319 e. The van der Waals surface area contributed by atoms with Gasteiger partial charge in [0.2, 0.25) is 15.9 Å². The number of carboxylic acids is 1. The Bertz CT molecular complexity index is 494. The van der Waals surface area contributed by atoms with Crippen LogP contribution in [0.5, 0.6) is 0 Å². The second kappa shape index (κ2) is 5.69. The average molecular weight is 304 g/mol. The van der Waals surface area contributed by atoms with Crippen LogP contribution in [0.4, 0.5) is 0 Å². The van der Waals surface area contributed by atoms with Gasteiger partial charge in [0, 0.05) is 13.1 Å². The zero-order chi connectivity index (χ0) is 14.8. The molecule has 114 valence electrons. The summed E-state index contributed by atoms with van der Waals surface area (Å²) in [5.74, 6) is -1.51. The van der Waals surface area contributed by atoms with Gasteiger partial charge in [-0.1, -0.05) is 6.42 Å². The van der Waals surface area contributed by atoms with Crippen molar-refractivity contribution in [1.29, 1.82) is 0 Å². The van der Waals surface area contributed by atoms with Crippen molar-refractivity contribution in [1.82, 2.24) is 10.0 Å². The van der Waals surface area contributed by atoms with Crippen LogP contribution >= 0.6 is 0 Å². The highest BCUT2D eigenvalue weighted by Crippen LogP contribution is 2.45. The van der Waals surface area contributed by atoms with Crippen LogP contribution in [0, 0.1) is 11.3 Å². The molecule has 2 rings (SSSR count). The molecule has 2 aliphatic carbocycles. The zero-order valence-corrected chi connectivity index (χ0v) is 12.0. The first kappa shape index (κ1) is 15.2. The Morgan fingerprint density at radius 2 is 1.90 bits per heavy atom. The van der Waals surface area contributed by atoms with E-state index in [9.17, 15) is 18.0 Å². The van der Waals surface area contributed by atoms with Gasteiger partial charge in [-0.25, -0.2) is 13.1 Å². The summed E-state index contributed by atoms with van der Waals surface area (Å²) in [6, 6.07) is 0. The summed E-state index contributed by atoms with van der Waals surface area (Å²) < 4.78 is 25.9. The van der Waals surface area contributed by atoms with Crippen molar-refractivity contribution < 1.29 is 23.1 Å². The second-order valence-electron chi connectivity index (χ2n) is 5.61. The number of nitrogens with one attached hydrogen (secondary N) is 2. The van der Waals surface area contributed by atoms with Crippen molar-refractivity contribution >= 4 is 21.9 Å². The SMILES string of the molecule is O=C(O)C1(C(=O)NCCS(=O)(=O)NCC2CCC2)CC1. The van der Waals surface area contributed by atoms with Crippen LogP contribution in [0.3, 0.4) is 0 Å². The molecule has 0 aromatic rings. The number of amides is 1. The van der Waals surface area contributed by atoms with E-state index in [2.05, 4.69) is 10.0 Å². The molecule has 0 heterocycles. The third kappa shape index (κ3) is 3.49. The number of hydrogen-bond donors (Lipinski definition) is 3. The molecule has 3 N–H and O–H groups in total. The third-order valence-electron chi connectivity index (χ3n) is 4.07. The first-order valence-corrected chi connectivity index (χ1v) is 8.50. The Morgan fingerprint density at radius 3 is 2.35 bits per heavy atom. The normalized spacial score (nSPS) is 21.0. The highest BCUT2D eigenvalue weighted by atomic mass is 32.2. The molecule has 2 saturated carbocycles. The van der Waals surface area contributed by atoms with Gasteiger partial charge in [-0.3, -0.25) is 9.59 Å². The predicted molar refractivity (Wildman–Crippen MR) is 71.4 cm³/mol. The molecule has 0 aromatic carbocycles. The van der Waals surface area contributed by atoms with E-state index in [1.165, 1.54) is 0 Å². The van der Waals surface area contributed by atoms with E-state index in [0.29, 0.717) is 25.3 Å². The Kier molecular flexibility index (Phi) is 4.33. The molecule has 0 bridgehead atoms. The lowest BCUT2D eigenvalue weighted by atomic mass is 9.86. The minimum Gasteiger partial charge on any atom is -0.480 e. The first-order chi connectivity index (χ1) is 9.36. The number of carbonyl (C=O) groups is 2. The number of sulfonamides is 1. The fraction of sp³-hybridized carbons (Fsp3) is 0.833. The van der Waals surface area contributed by atoms with Crippen LogP contribution in [0.25, 0.3) is 0 Å². The molecule has 7 nitrogen and oxygen atoms in total. The number of aliphatic carboxylic acids is 1. The topological polar surface area (TPSA) is 113 Å². The highest BCUT2D eigenvalue weighted by Gasteiger charge is 2.56. The minimum absolute atomic E-state index is 0.0616. The van der Waals surface area contributed by atoms with Gasteiger partial charge in [0.05, 0.1) is 5.75 Å². The molecular weight excluding hydrogens is 284 g/mol. The lowest BCUT2D eigenvalue weighted by Gasteiger charge is -2.25. The smallest absolute Gasteiger partial charge is 0.319 e. The second-order valence-corrected chi connectivity index (χ2v) is 7.53. The molecule has 0 aliphatic heterocycles. The summed E-state index contributed by atoms with van der Waals surface area (Å²) in [4.78, 5) is 22.6. The Balaban J connectivity index is 1.69. The molecule has 0 radical (unpaired) electrons. The van der Waals surface area contributed by atoms with Gasteiger partial charge in [0.15, 0.2) is 0 Å². The average Bonchev–Trinajstić information content (AvgIpc) is 3.07. The van der Waals surface area contributed by atoms with Crippen LogP contribution < -0.4 is 10.0 Å². The van der Waals surface area contributed by atoms with Gasteiger partial charge < -0.3 is 10.4 Å². The molecule has 0 unspecified atom stereocenters. The largest absolute Gasteiger partial charge is 0.480 e. The molecule has 0 aromatic heterocycles. The Morgan fingerprint density at radius 1 is 1.25 bits per heavy atom. The quantitative estimate of drug-likeness (QED) is 0.532. The van der Waals surface area contributed by atoms with Gasteiger partial charge in [-0.05, 0) is 31.6 Å². The van der Waals surface area contributed by atoms with Crippen LogP contribution in [0.2, 0.25) is 0 Å². The van der Waals surface area contributed by atoms with E-state index in [-0.39, 0.29) is 12.3 Å². The zero-order valence-electron chi connectivity index (χ0n) is 11.2. The van der Waals surface area contributed by atoms with E-state index < -0.39 is 27.3 Å². The van der Waals surface area contributed by atoms with Gasteiger partial charge in [-0.2, -0.15) is 0 Å². The monoisotopic (exact) mass is 304 g/mol. The van der Waals surface area contributed by atoms with E-state index in [4.69, 9.17) is 5.11 Å². The van der Waals surface area contributed by atoms with Gasteiger partial charge >= 0.3 is 5.97 Å². The molecule has 20 heavy (non-hydrogen) atoms. The number of carbonyl (C=O) groups excluding carboxylic acids is 1. The molecule has 2 aliphatic rings. The summed E-state index contributed by atoms with van der Waals surface area (Å²) in [5, 5.41) is 11.3. The molecule has 0 saturated heterocycles. The van der Waals surface area contributed by atoms with Crippen LogP contribution in [0.15, 0.2) is 0 Å². The molecule has 1 amide bonds. The molecule has 0 atom stereocenters. The van der Waals surface area contributed by atoms with Crippen LogP contribution in [-0.2, 0) is 19.6 Å². The fourth-order valence-electron chi connectivity index (χ4n) is 2.15. The van der Waals surface area contributed by atoms with Crippen molar-refractivity contribution in [3.63, 3.8) is 0 Å². The number of carboxylic acid groups (broad SMARTS) is 1. The summed E-state index contributed by atoms with van der Waals surface area (Å²) in [7, 11) is -3.41. The van der Waals surface area contributed by atoms with E-state index in [1.54, 1.807) is 0 Å². The Labute approximate surface area is 118 Å². The summed E-state index contributed by atoms with van der Waals surface area (Å²) >= 11 is 0. The Hall–Kier alpha value is -1.15. The van der Waals surface area contributed by atoms with Gasteiger partial charge in [-0.15, -0.1) is 0 Å². The van der Waals surface area contributed by atoms with Crippen LogP contribution in [-0.4, -0.2) is 44.2 Å². The summed E-state index contributed by atoms with van der Waals surface area (Å²) in [5.41, 5.74) is -1.32. The number of hydrogen-bond acceptors (Lipinski definition) is 4. The van der Waals surface area contributed by atoms with Crippen molar-refractivity contribution in [3.8, 4) is 0 Å². The lowest BCUT2D eigenvalue weighted by Crippen LogP contribution is -2.41. The minimum atomic E-state index is -3.41. The van der Waals surface area contributed by atoms with E-state index in [0.717, 1.165) is 19.3 Å². The van der Waals surface area contributed by atoms with Crippen LogP contribution in [0.1, 0.15) is 32.1 Å². The fourth-order valence-corrected chi connectivity index (χ4v) is 3.15. The van der Waals surface area contributed by atoms with Crippen molar-refractivity contribution in [2.45, 2.75) is 32.1 Å². The maximum absolute atomic E-state index is 11.7. The molecule has 8 heteroatoms. The molecule has 0 spiro atoms. The molecule has 2 fully saturated rings. The van der Waals surface area contributed by atoms with Crippen molar-refractivity contribution in [2.24, 2.45) is 11.3 Å². The number of rotatable bonds is 8. The lowest BCUT2D eigenvalue weighted by molar-refractivity contribution is -0.148. The van der Waals surface area contributed by atoms with Gasteiger partial charge in [0.25, 0.3) is 0 Å². The summed E-state index contributed by atoms with van der Waals surface area (Å²) in [6.45, 7) is 0.392. The van der Waals surface area contributed by atoms with E-state index >= 15 is 0 Å². The first-order valence-electron chi connectivity index (χ1n) is 6.85. The standard InChI is InChI=1S/C12H20N2O5S/c15-10(12(4-5-12)11(16)17)13-6-7-20(18,19)14-8-9-2-1-3-9/h9,14H,1-8H2,(H,13,15)(H,16,17). The van der Waals surface area contributed by atoms with Crippen molar-refractivity contribution in [2.75, 3.05) is 18.8 Å². The predicted octanol–water partition coefficient (Wildman–Crippen LogP) is -0.313. The third-order valence-corrected chi connectivity index (χ3v) is 5.42. The maximum atomic E-state index is 11.7. The molecular formula is C12H20N2O5S. The highest BCUT2D eigenvalue weighted by molar-refractivity contribution is 7.89.